The maximum Gasteiger partial charge on any atom is 0.289 e. The Labute approximate surface area is 208 Å². The molecule has 35 heavy (non-hydrogen) atoms. The number of fused-ring (bicyclic) bond motifs is 1. The standard InChI is InChI=1S/C27H39N7O/c1-17(2)8-7-9-18(3)14-15-30-26(35)25-31-21-13-12-19(4)16-20(21)24(34-25)32-22-10-5-6-11-23(22)33-27(28)29/h8,12-14,16,22-23H,5-7,9-11,15H2,1-4H3,(H,30,35)(H4,28,29,33)(H,31,32,34)/b18-14+. The molecular formula is C27H39N7O. The summed E-state index contributed by atoms with van der Waals surface area (Å²) < 4.78 is 0. The number of benzene rings is 1. The van der Waals surface area contributed by atoms with Crippen LogP contribution >= 0.6 is 0 Å². The molecule has 1 aromatic heterocycles. The SMILES string of the molecule is CC(C)=CCC/C(C)=C/CNC(=O)c1nc(NC2CCCCC2N=C(N)N)c2cc(C)ccc2n1. The minimum Gasteiger partial charge on any atom is -0.370 e. The van der Waals surface area contributed by atoms with E-state index < -0.39 is 0 Å². The predicted molar refractivity (Wildman–Crippen MR) is 145 cm³/mol. The van der Waals surface area contributed by atoms with Crippen LogP contribution in [0.4, 0.5) is 5.82 Å². The largest absolute Gasteiger partial charge is 0.370 e. The van der Waals surface area contributed by atoms with E-state index in [9.17, 15) is 4.79 Å². The van der Waals surface area contributed by atoms with Crippen molar-refractivity contribution >= 4 is 28.6 Å². The van der Waals surface area contributed by atoms with Crippen LogP contribution in [0.5, 0.6) is 0 Å². The van der Waals surface area contributed by atoms with Crippen molar-refractivity contribution in [1.29, 1.82) is 0 Å². The first-order chi connectivity index (χ1) is 16.7. The van der Waals surface area contributed by atoms with Gasteiger partial charge < -0.3 is 22.1 Å². The molecule has 0 spiro atoms. The van der Waals surface area contributed by atoms with Crippen LogP contribution < -0.4 is 22.1 Å². The molecule has 8 heteroatoms. The number of hydrogen-bond acceptors (Lipinski definition) is 5. The summed E-state index contributed by atoms with van der Waals surface area (Å²) in [6.45, 7) is 8.75. The van der Waals surface area contributed by atoms with Gasteiger partial charge in [-0.05, 0) is 65.5 Å². The predicted octanol–water partition coefficient (Wildman–Crippen LogP) is 4.36. The Balaban J connectivity index is 1.80. The first-order valence-electron chi connectivity index (χ1n) is 12.4. The van der Waals surface area contributed by atoms with Crippen molar-refractivity contribution in [3.63, 3.8) is 0 Å². The quantitative estimate of drug-likeness (QED) is 0.241. The monoisotopic (exact) mass is 477 g/mol. The molecule has 8 nitrogen and oxygen atoms in total. The van der Waals surface area contributed by atoms with Crippen LogP contribution in [0.15, 0.2) is 46.5 Å². The molecule has 188 valence electrons. The minimum absolute atomic E-state index is 0.0275. The second-order valence-corrected chi connectivity index (χ2v) is 9.65. The summed E-state index contributed by atoms with van der Waals surface area (Å²) in [6, 6.07) is 5.96. The molecule has 1 aliphatic rings. The third-order valence-electron chi connectivity index (χ3n) is 6.23. The van der Waals surface area contributed by atoms with Gasteiger partial charge in [0.05, 0.1) is 17.6 Å². The molecule has 1 heterocycles. The number of carbonyl (C=O) groups is 1. The zero-order valence-corrected chi connectivity index (χ0v) is 21.4. The number of nitrogens with two attached hydrogens (primary N) is 2. The van der Waals surface area contributed by atoms with Gasteiger partial charge in [0.15, 0.2) is 5.96 Å². The van der Waals surface area contributed by atoms with E-state index in [2.05, 4.69) is 52.4 Å². The summed E-state index contributed by atoms with van der Waals surface area (Å²) in [5.74, 6) is 0.582. The fraction of sp³-hybridized carbons (Fsp3) is 0.481. The number of nitrogens with one attached hydrogen (secondary N) is 2. The van der Waals surface area contributed by atoms with Crippen LogP contribution in [-0.4, -0.2) is 40.5 Å². The van der Waals surface area contributed by atoms with Crippen molar-refractivity contribution in [2.45, 2.75) is 78.3 Å². The van der Waals surface area contributed by atoms with Crippen molar-refractivity contribution in [2.75, 3.05) is 11.9 Å². The third-order valence-corrected chi connectivity index (χ3v) is 6.23. The van der Waals surface area contributed by atoms with Crippen LogP contribution in [0.25, 0.3) is 10.9 Å². The van der Waals surface area contributed by atoms with Gasteiger partial charge >= 0.3 is 0 Å². The van der Waals surface area contributed by atoms with Crippen LogP contribution in [0.3, 0.4) is 0 Å². The van der Waals surface area contributed by atoms with Crippen molar-refractivity contribution in [1.82, 2.24) is 15.3 Å². The second-order valence-electron chi connectivity index (χ2n) is 9.65. The Morgan fingerprint density at radius 3 is 2.66 bits per heavy atom. The molecule has 3 rings (SSSR count). The van der Waals surface area contributed by atoms with Gasteiger partial charge in [-0.1, -0.05) is 47.8 Å². The lowest BCUT2D eigenvalue weighted by Gasteiger charge is -2.30. The molecule has 1 amide bonds. The van der Waals surface area contributed by atoms with E-state index >= 15 is 0 Å². The number of anilines is 1. The fourth-order valence-electron chi connectivity index (χ4n) is 4.34. The average molecular weight is 478 g/mol. The number of aromatic nitrogens is 2. The molecule has 1 aromatic carbocycles. The molecule has 1 fully saturated rings. The number of guanidine groups is 1. The zero-order chi connectivity index (χ0) is 25.4. The highest BCUT2D eigenvalue weighted by molar-refractivity contribution is 5.96. The highest BCUT2D eigenvalue weighted by Gasteiger charge is 2.26. The van der Waals surface area contributed by atoms with E-state index in [1.165, 1.54) is 11.1 Å². The lowest BCUT2D eigenvalue weighted by atomic mass is 9.90. The average Bonchev–Trinajstić information content (AvgIpc) is 2.79. The number of aryl methyl sites for hydroxylation is 1. The van der Waals surface area contributed by atoms with Crippen LogP contribution in [0.2, 0.25) is 0 Å². The molecule has 6 N–H and O–H groups in total. The molecule has 0 saturated heterocycles. The Morgan fingerprint density at radius 2 is 1.91 bits per heavy atom. The maximum atomic E-state index is 12.9. The first kappa shape index (κ1) is 26.2. The van der Waals surface area contributed by atoms with Gasteiger partial charge in [0.1, 0.15) is 5.82 Å². The fourth-order valence-corrected chi connectivity index (χ4v) is 4.34. The molecule has 2 unspecified atom stereocenters. The first-order valence-corrected chi connectivity index (χ1v) is 12.4. The van der Waals surface area contributed by atoms with E-state index in [-0.39, 0.29) is 29.8 Å². The van der Waals surface area contributed by atoms with Gasteiger partial charge in [-0.15, -0.1) is 0 Å². The van der Waals surface area contributed by atoms with E-state index in [1.807, 2.05) is 31.2 Å². The Kier molecular flexibility index (Phi) is 9.23. The highest BCUT2D eigenvalue weighted by atomic mass is 16.2. The van der Waals surface area contributed by atoms with Crippen molar-refractivity contribution < 1.29 is 4.79 Å². The maximum absolute atomic E-state index is 12.9. The Bertz CT molecular complexity index is 1130. The summed E-state index contributed by atoms with van der Waals surface area (Å²) in [6.07, 6.45) is 10.2. The topological polar surface area (TPSA) is 131 Å². The summed E-state index contributed by atoms with van der Waals surface area (Å²) in [7, 11) is 0. The molecule has 2 aromatic rings. The Morgan fingerprint density at radius 1 is 1.14 bits per heavy atom. The second kappa shape index (κ2) is 12.3. The van der Waals surface area contributed by atoms with Gasteiger partial charge in [-0.25, -0.2) is 15.0 Å². The zero-order valence-electron chi connectivity index (χ0n) is 21.4. The lowest BCUT2D eigenvalue weighted by molar-refractivity contribution is 0.0948. The molecule has 1 aliphatic carbocycles. The number of nitrogens with zero attached hydrogens (tertiary/aromatic N) is 3. The normalized spacial score (nSPS) is 18.1. The molecule has 0 bridgehead atoms. The van der Waals surface area contributed by atoms with E-state index in [0.717, 1.165) is 55.0 Å². The smallest absolute Gasteiger partial charge is 0.289 e. The van der Waals surface area contributed by atoms with Crippen LogP contribution in [0, 0.1) is 6.92 Å². The summed E-state index contributed by atoms with van der Waals surface area (Å²) in [5, 5.41) is 7.35. The van der Waals surface area contributed by atoms with Crippen molar-refractivity contribution in [3.05, 3.63) is 52.9 Å². The molecule has 0 aliphatic heterocycles. The summed E-state index contributed by atoms with van der Waals surface area (Å²) in [5.41, 5.74) is 15.7. The van der Waals surface area contributed by atoms with Gasteiger partial charge in [-0.3, -0.25) is 4.79 Å². The van der Waals surface area contributed by atoms with Gasteiger partial charge in [0.2, 0.25) is 5.82 Å². The molecule has 0 radical (unpaired) electrons. The van der Waals surface area contributed by atoms with Gasteiger partial charge in [0, 0.05) is 11.9 Å². The van der Waals surface area contributed by atoms with Gasteiger partial charge in [-0.2, -0.15) is 0 Å². The Hall–Kier alpha value is -3.42. The van der Waals surface area contributed by atoms with Crippen molar-refractivity contribution in [3.8, 4) is 0 Å². The molecule has 2 atom stereocenters. The van der Waals surface area contributed by atoms with Crippen LogP contribution in [0.1, 0.15) is 75.5 Å². The number of allylic oxidation sites excluding steroid dienone is 3. The van der Waals surface area contributed by atoms with E-state index in [1.54, 1.807) is 0 Å². The van der Waals surface area contributed by atoms with Crippen LogP contribution in [-0.2, 0) is 0 Å². The van der Waals surface area contributed by atoms with Gasteiger partial charge in [0.25, 0.3) is 5.91 Å². The number of hydrogen-bond donors (Lipinski definition) is 4. The summed E-state index contributed by atoms with van der Waals surface area (Å²) in [4.78, 5) is 26.6. The third kappa shape index (κ3) is 7.80. The van der Waals surface area contributed by atoms with E-state index in [0.29, 0.717) is 12.4 Å². The number of carbonyl (C=O) groups excluding carboxylic acids is 1. The minimum atomic E-state index is -0.298. The molecular weight excluding hydrogens is 438 g/mol. The molecule has 1 saturated carbocycles. The van der Waals surface area contributed by atoms with Crippen molar-refractivity contribution in [2.24, 2.45) is 16.5 Å². The number of aliphatic imine (C=N–C) groups is 1. The lowest BCUT2D eigenvalue weighted by Crippen LogP contribution is -2.38. The summed E-state index contributed by atoms with van der Waals surface area (Å²) >= 11 is 0. The highest BCUT2D eigenvalue weighted by Crippen LogP contribution is 2.28. The van der Waals surface area contributed by atoms with E-state index in [4.69, 9.17) is 11.5 Å². The number of rotatable bonds is 9. The number of amides is 1.